The maximum atomic E-state index is 13.1. The fourth-order valence-electron chi connectivity index (χ4n) is 2.12. The van der Waals surface area contributed by atoms with Crippen molar-refractivity contribution >= 4 is 22.8 Å². The SMILES string of the molecule is CN(Cc1cccc(F)c1)C(=O)Nc1ccc2n[nH]nc2c1. The lowest BCUT2D eigenvalue weighted by atomic mass is 10.2. The third-order valence-corrected chi connectivity index (χ3v) is 3.22. The predicted molar refractivity (Wildman–Crippen MR) is 80.8 cm³/mol. The minimum Gasteiger partial charge on any atom is -0.323 e. The van der Waals surface area contributed by atoms with E-state index >= 15 is 0 Å². The molecule has 2 amide bonds. The Bertz CT molecular complexity index is 816. The highest BCUT2D eigenvalue weighted by Gasteiger charge is 2.10. The fourth-order valence-corrected chi connectivity index (χ4v) is 2.12. The molecule has 3 aromatic rings. The minimum absolute atomic E-state index is 0.285. The molecule has 0 fully saturated rings. The van der Waals surface area contributed by atoms with Crippen molar-refractivity contribution in [1.82, 2.24) is 20.3 Å². The first-order valence-electron chi connectivity index (χ1n) is 6.69. The lowest BCUT2D eigenvalue weighted by molar-refractivity contribution is 0.220. The van der Waals surface area contributed by atoms with Crippen molar-refractivity contribution in [3.05, 3.63) is 53.8 Å². The summed E-state index contributed by atoms with van der Waals surface area (Å²) in [6.07, 6.45) is 0. The van der Waals surface area contributed by atoms with E-state index in [4.69, 9.17) is 0 Å². The summed E-state index contributed by atoms with van der Waals surface area (Å²) in [6.45, 7) is 0.315. The summed E-state index contributed by atoms with van der Waals surface area (Å²) in [5.41, 5.74) is 2.75. The zero-order valence-corrected chi connectivity index (χ0v) is 11.9. The third kappa shape index (κ3) is 3.03. The fraction of sp³-hybridized carbons (Fsp3) is 0.133. The first-order chi connectivity index (χ1) is 10.6. The van der Waals surface area contributed by atoms with Crippen LogP contribution in [-0.4, -0.2) is 33.4 Å². The van der Waals surface area contributed by atoms with E-state index < -0.39 is 0 Å². The summed E-state index contributed by atoms with van der Waals surface area (Å²) < 4.78 is 13.1. The number of urea groups is 1. The smallest absolute Gasteiger partial charge is 0.321 e. The van der Waals surface area contributed by atoms with Gasteiger partial charge in [0.05, 0.1) is 0 Å². The van der Waals surface area contributed by atoms with Crippen molar-refractivity contribution in [2.45, 2.75) is 6.54 Å². The van der Waals surface area contributed by atoms with E-state index in [-0.39, 0.29) is 11.8 Å². The number of halogens is 1. The van der Waals surface area contributed by atoms with Gasteiger partial charge in [0.15, 0.2) is 0 Å². The Morgan fingerprint density at radius 1 is 1.23 bits per heavy atom. The number of aromatic amines is 1. The Kier molecular flexibility index (Phi) is 3.69. The number of fused-ring (bicyclic) bond motifs is 1. The summed E-state index contributed by atoms with van der Waals surface area (Å²) in [5, 5.41) is 13.2. The van der Waals surface area contributed by atoms with Gasteiger partial charge in [-0.3, -0.25) is 0 Å². The van der Waals surface area contributed by atoms with Crippen LogP contribution in [0.5, 0.6) is 0 Å². The number of hydrogen-bond donors (Lipinski definition) is 2. The zero-order chi connectivity index (χ0) is 15.5. The topological polar surface area (TPSA) is 73.9 Å². The van der Waals surface area contributed by atoms with E-state index in [9.17, 15) is 9.18 Å². The van der Waals surface area contributed by atoms with Crippen molar-refractivity contribution in [3.63, 3.8) is 0 Å². The molecule has 22 heavy (non-hydrogen) atoms. The number of anilines is 1. The lowest BCUT2D eigenvalue weighted by Crippen LogP contribution is -2.30. The van der Waals surface area contributed by atoms with Crippen molar-refractivity contribution in [3.8, 4) is 0 Å². The minimum atomic E-state index is -0.317. The summed E-state index contributed by atoms with van der Waals surface area (Å²) in [4.78, 5) is 13.6. The van der Waals surface area contributed by atoms with Gasteiger partial charge in [-0.1, -0.05) is 12.1 Å². The number of aromatic nitrogens is 3. The first-order valence-corrected chi connectivity index (χ1v) is 6.69. The summed E-state index contributed by atoms with van der Waals surface area (Å²) in [6, 6.07) is 11.1. The van der Waals surface area contributed by atoms with Crippen LogP contribution in [0, 0.1) is 5.82 Å². The first kappa shape index (κ1) is 14.0. The monoisotopic (exact) mass is 299 g/mol. The Hall–Kier alpha value is -2.96. The second-order valence-corrected chi connectivity index (χ2v) is 4.94. The highest BCUT2D eigenvalue weighted by atomic mass is 19.1. The molecular formula is C15H14FN5O. The molecule has 0 aliphatic heterocycles. The molecule has 0 atom stereocenters. The highest BCUT2D eigenvalue weighted by Crippen LogP contribution is 2.15. The molecule has 0 bridgehead atoms. The number of benzene rings is 2. The van der Waals surface area contributed by atoms with Crippen LogP contribution in [0.15, 0.2) is 42.5 Å². The van der Waals surface area contributed by atoms with Crippen molar-refractivity contribution in [2.24, 2.45) is 0 Å². The Morgan fingerprint density at radius 2 is 2.05 bits per heavy atom. The highest BCUT2D eigenvalue weighted by molar-refractivity contribution is 5.91. The Morgan fingerprint density at radius 3 is 2.86 bits per heavy atom. The largest absolute Gasteiger partial charge is 0.323 e. The van der Waals surface area contributed by atoms with Gasteiger partial charge in [-0.05, 0) is 35.9 Å². The lowest BCUT2D eigenvalue weighted by Gasteiger charge is -2.18. The van der Waals surface area contributed by atoms with E-state index in [0.29, 0.717) is 17.7 Å². The third-order valence-electron chi connectivity index (χ3n) is 3.22. The maximum Gasteiger partial charge on any atom is 0.321 e. The Balaban J connectivity index is 1.67. The van der Waals surface area contributed by atoms with Crippen LogP contribution in [0.3, 0.4) is 0 Å². The molecule has 0 spiro atoms. The second kappa shape index (κ2) is 5.80. The van der Waals surface area contributed by atoms with Crippen molar-refractivity contribution in [2.75, 3.05) is 12.4 Å². The normalized spacial score (nSPS) is 10.6. The average Bonchev–Trinajstić information content (AvgIpc) is 2.94. The molecule has 0 unspecified atom stereocenters. The number of hydrogen-bond acceptors (Lipinski definition) is 3. The number of amides is 2. The van der Waals surface area contributed by atoms with Gasteiger partial charge in [-0.25, -0.2) is 9.18 Å². The van der Waals surface area contributed by atoms with E-state index in [1.165, 1.54) is 17.0 Å². The molecule has 0 aliphatic carbocycles. The van der Waals surface area contributed by atoms with Gasteiger partial charge >= 0.3 is 6.03 Å². The van der Waals surface area contributed by atoms with Crippen molar-refractivity contribution < 1.29 is 9.18 Å². The quantitative estimate of drug-likeness (QED) is 0.781. The molecule has 0 saturated heterocycles. The molecular weight excluding hydrogens is 285 g/mol. The molecule has 7 heteroatoms. The van der Waals surface area contributed by atoms with Crippen LogP contribution in [0.4, 0.5) is 14.9 Å². The Labute approximate surface area is 125 Å². The van der Waals surface area contributed by atoms with Crippen LogP contribution in [0.2, 0.25) is 0 Å². The molecule has 0 radical (unpaired) electrons. The number of carbonyl (C=O) groups is 1. The second-order valence-electron chi connectivity index (χ2n) is 4.94. The number of carbonyl (C=O) groups excluding carboxylic acids is 1. The van der Waals surface area contributed by atoms with Gasteiger partial charge < -0.3 is 10.2 Å². The van der Waals surface area contributed by atoms with Gasteiger partial charge in [-0.2, -0.15) is 15.4 Å². The van der Waals surface area contributed by atoms with Crippen LogP contribution < -0.4 is 5.32 Å². The number of nitrogens with one attached hydrogen (secondary N) is 2. The zero-order valence-electron chi connectivity index (χ0n) is 11.9. The van der Waals surface area contributed by atoms with E-state index in [1.807, 2.05) is 0 Å². The molecule has 6 nitrogen and oxygen atoms in total. The molecule has 112 valence electrons. The summed E-state index contributed by atoms with van der Waals surface area (Å²) in [5.74, 6) is -0.317. The van der Waals surface area contributed by atoms with Gasteiger partial charge in [0.1, 0.15) is 16.9 Å². The molecule has 2 aromatic carbocycles. The van der Waals surface area contributed by atoms with Gasteiger partial charge in [-0.15, -0.1) is 0 Å². The van der Waals surface area contributed by atoms with E-state index in [1.54, 1.807) is 37.4 Å². The number of rotatable bonds is 3. The van der Waals surface area contributed by atoms with Crippen LogP contribution in [0.1, 0.15) is 5.56 Å². The number of nitrogens with zero attached hydrogens (tertiary/aromatic N) is 3. The van der Waals surface area contributed by atoms with Crippen molar-refractivity contribution in [1.29, 1.82) is 0 Å². The maximum absolute atomic E-state index is 13.1. The molecule has 3 rings (SSSR count). The average molecular weight is 299 g/mol. The molecule has 0 aliphatic rings. The molecule has 1 aromatic heterocycles. The van der Waals surface area contributed by atoms with Crippen LogP contribution >= 0.6 is 0 Å². The van der Waals surface area contributed by atoms with Gasteiger partial charge in [0, 0.05) is 19.3 Å². The molecule has 2 N–H and O–H groups in total. The summed E-state index contributed by atoms with van der Waals surface area (Å²) >= 11 is 0. The van der Waals surface area contributed by atoms with E-state index in [2.05, 4.69) is 20.7 Å². The van der Waals surface area contributed by atoms with Gasteiger partial charge in [0.2, 0.25) is 0 Å². The van der Waals surface area contributed by atoms with Crippen LogP contribution in [0.25, 0.3) is 11.0 Å². The van der Waals surface area contributed by atoms with Gasteiger partial charge in [0.25, 0.3) is 0 Å². The van der Waals surface area contributed by atoms with Crippen LogP contribution in [-0.2, 0) is 6.54 Å². The molecule has 1 heterocycles. The van der Waals surface area contributed by atoms with E-state index in [0.717, 1.165) is 11.1 Å². The number of H-pyrrole nitrogens is 1. The molecule has 0 saturated carbocycles. The predicted octanol–water partition coefficient (Wildman–Crippen LogP) is 2.76. The standard InChI is InChI=1S/C15H14FN5O/c1-21(9-10-3-2-4-11(16)7-10)15(22)17-12-5-6-13-14(8-12)19-20-18-13/h2-8H,9H2,1H3,(H,17,22)(H,18,19,20). The summed E-state index contributed by atoms with van der Waals surface area (Å²) in [7, 11) is 1.65.